The molecule has 0 aromatic heterocycles. The zero-order valence-electron chi connectivity index (χ0n) is 18.3. The molecule has 1 amide bonds. The van der Waals surface area contributed by atoms with Gasteiger partial charge < -0.3 is 19.5 Å². The smallest absolute Gasteiger partial charge is 0.251 e. The van der Waals surface area contributed by atoms with Gasteiger partial charge in [-0.15, -0.1) is 0 Å². The summed E-state index contributed by atoms with van der Waals surface area (Å²) in [6, 6.07) is 23.5. The molecule has 0 spiro atoms. The van der Waals surface area contributed by atoms with Crippen molar-refractivity contribution in [1.82, 2.24) is 5.32 Å². The third kappa shape index (κ3) is 6.33. The van der Waals surface area contributed by atoms with E-state index in [9.17, 15) is 4.79 Å². The second-order valence-electron chi connectivity index (χ2n) is 7.26. The van der Waals surface area contributed by atoms with E-state index >= 15 is 0 Å². The number of carbonyl (C=O) groups is 1. The van der Waals surface area contributed by atoms with Gasteiger partial charge in [-0.1, -0.05) is 42.5 Å². The van der Waals surface area contributed by atoms with E-state index in [0.717, 1.165) is 22.4 Å². The molecule has 0 heterocycles. The number of carbonyl (C=O) groups excluding carboxylic acids is 1. The predicted molar refractivity (Wildman–Crippen MR) is 123 cm³/mol. The van der Waals surface area contributed by atoms with Crippen molar-refractivity contribution in [3.63, 3.8) is 0 Å². The van der Waals surface area contributed by atoms with Gasteiger partial charge in [0, 0.05) is 24.3 Å². The van der Waals surface area contributed by atoms with Crippen molar-refractivity contribution in [2.45, 2.75) is 26.5 Å². The van der Waals surface area contributed by atoms with Crippen LogP contribution >= 0.6 is 0 Å². The van der Waals surface area contributed by atoms with E-state index in [1.807, 2.05) is 68.4 Å². The largest absolute Gasteiger partial charge is 0.493 e. The maximum Gasteiger partial charge on any atom is 0.251 e. The van der Waals surface area contributed by atoms with Gasteiger partial charge in [0.15, 0.2) is 0 Å². The fourth-order valence-corrected chi connectivity index (χ4v) is 3.26. The number of nitrogens with one attached hydrogen (secondary N) is 1. The summed E-state index contributed by atoms with van der Waals surface area (Å²) in [5, 5.41) is 2.93. The number of methoxy groups -OCH3 is 1. The average Bonchev–Trinajstić information content (AvgIpc) is 2.79. The average molecular weight is 420 g/mol. The number of hydrogen-bond acceptors (Lipinski definition) is 4. The van der Waals surface area contributed by atoms with E-state index in [0.29, 0.717) is 31.1 Å². The Morgan fingerprint density at radius 2 is 1.65 bits per heavy atom. The normalized spacial score (nSPS) is 11.6. The van der Waals surface area contributed by atoms with Gasteiger partial charge in [0.2, 0.25) is 0 Å². The zero-order chi connectivity index (χ0) is 22.1. The Morgan fingerprint density at radius 3 is 2.32 bits per heavy atom. The second-order valence-corrected chi connectivity index (χ2v) is 7.26. The van der Waals surface area contributed by atoms with Crippen molar-refractivity contribution in [2.24, 2.45) is 0 Å². The quantitative estimate of drug-likeness (QED) is 0.497. The molecule has 3 aromatic carbocycles. The minimum absolute atomic E-state index is 0.0769. The molecular weight excluding hydrogens is 390 g/mol. The Labute approximate surface area is 184 Å². The molecule has 162 valence electrons. The highest BCUT2D eigenvalue weighted by Crippen LogP contribution is 2.25. The number of rotatable bonds is 10. The number of amides is 1. The molecule has 0 aliphatic heterocycles. The fraction of sp³-hybridized carbons (Fsp3) is 0.269. The van der Waals surface area contributed by atoms with E-state index in [-0.39, 0.29) is 11.9 Å². The Balaban J connectivity index is 1.71. The number of ether oxygens (including phenoxy) is 3. The van der Waals surface area contributed by atoms with Gasteiger partial charge in [-0.3, -0.25) is 4.79 Å². The van der Waals surface area contributed by atoms with Crippen molar-refractivity contribution >= 4 is 5.91 Å². The standard InChI is InChI=1S/C26H29NO4/c1-4-30-25-15-12-22(26(28)27-19(2)17-29-3)16-23(25)18-31-24-13-10-21(11-14-24)20-8-6-5-7-9-20/h5-16,19H,4,17-18H2,1-3H3,(H,27,28)/t19-/m1/s1. The highest BCUT2D eigenvalue weighted by Gasteiger charge is 2.13. The molecule has 0 saturated carbocycles. The van der Waals surface area contributed by atoms with Gasteiger partial charge in [-0.25, -0.2) is 0 Å². The van der Waals surface area contributed by atoms with Crippen LogP contribution in [0.15, 0.2) is 72.8 Å². The molecule has 3 aromatic rings. The summed E-state index contributed by atoms with van der Waals surface area (Å²) in [6.45, 7) is 5.13. The first kappa shape index (κ1) is 22.4. The fourth-order valence-electron chi connectivity index (χ4n) is 3.26. The minimum Gasteiger partial charge on any atom is -0.493 e. The first-order valence-electron chi connectivity index (χ1n) is 10.4. The van der Waals surface area contributed by atoms with Crippen molar-refractivity contribution in [3.05, 3.63) is 83.9 Å². The molecular formula is C26H29NO4. The van der Waals surface area contributed by atoms with Crippen LogP contribution in [0, 0.1) is 0 Å². The topological polar surface area (TPSA) is 56.8 Å². The molecule has 0 fully saturated rings. The van der Waals surface area contributed by atoms with E-state index < -0.39 is 0 Å². The maximum absolute atomic E-state index is 12.5. The van der Waals surface area contributed by atoms with Crippen molar-refractivity contribution in [3.8, 4) is 22.6 Å². The maximum atomic E-state index is 12.5. The van der Waals surface area contributed by atoms with Crippen LogP contribution in [0.1, 0.15) is 29.8 Å². The molecule has 0 aliphatic rings. The predicted octanol–water partition coefficient (Wildman–Crippen LogP) is 5.10. The van der Waals surface area contributed by atoms with Gasteiger partial charge >= 0.3 is 0 Å². The molecule has 31 heavy (non-hydrogen) atoms. The zero-order valence-corrected chi connectivity index (χ0v) is 18.3. The second kappa shape index (κ2) is 11.2. The van der Waals surface area contributed by atoms with E-state index in [1.165, 1.54) is 0 Å². The lowest BCUT2D eigenvalue weighted by molar-refractivity contribution is 0.0905. The molecule has 0 aliphatic carbocycles. The summed E-state index contributed by atoms with van der Waals surface area (Å²) < 4.78 is 16.8. The van der Waals surface area contributed by atoms with Gasteiger partial charge in [-0.05, 0) is 55.3 Å². The van der Waals surface area contributed by atoms with Gasteiger partial charge in [0.05, 0.1) is 13.2 Å². The van der Waals surface area contributed by atoms with Crippen LogP contribution in [0.25, 0.3) is 11.1 Å². The highest BCUT2D eigenvalue weighted by molar-refractivity contribution is 5.94. The highest BCUT2D eigenvalue weighted by atomic mass is 16.5. The Morgan fingerprint density at radius 1 is 0.935 bits per heavy atom. The summed E-state index contributed by atoms with van der Waals surface area (Å²) >= 11 is 0. The SMILES string of the molecule is CCOc1ccc(C(=O)N[C@H](C)COC)cc1COc1ccc(-c2ccccc2)cc1. The third-order valence-corrected chi connectivity index (χ3v) is 4.77. The molecule has 5 heteroatoms. The summed E-state index contributed by atoms with van der Waals surface area (Å²) in [7, 11) is 1.61. The van der Waals surface area contributed by atoms with Crippen LogP contribution in [-0.4, -0.2) is 32.3 Å². The molecule has 0 saturated heterocycles. The van der Waals surface area contributed by atoms with Crippen LogP contribution in [-0.2, 0) is 11.3 Å². The molecule has 5 nitrogen and oxygen atoms in total. The van der Waals surface area contributed by atoms with Crippen molar-refractivity contribution < 1.29 is 19.0 Å². The summed E-state index contributed by atoms with van der Waals surface area (Å²) in [5.41, 5.74) is 3.67. The molecule has 3 rings (SSSR count). The lowest BCUT2D eigenvalue weighted by Gasteiger charge is -2.15. The monoisotopic (exact) mass is 419 g/mol. The van der Waals surface area contributed by atoms with Crippen LogP contribution < -0.4 is 14.8 Å². The Bertz CT molecular complexity index is 970. The van der Waals surface area contributed by atoms with E-state index in [1.54, 1.807) is 13.2 Å². The third-order valence-electron chi connectivity index (χ3n) is 4.77. The first-order valence-corrected chi connectivity index (χ1v) is 10.4. The van der Waals surface area contributed by atoms with Gasteiger partial charge in [0.1, 0.15) is 18.1 Å². The molecule has 0 bridgehead atoms. The molecule has 0 unspecified atom stereocenters. The van der Waals surface area contributed by atoms with Crippen molar-refractivity contribution in [1.29, 1.82) is 0 Å². The minimum atomic E-state index is -0.152. The van der Waals surface area contributed by atoms with Crippen LogP contribution in [0.3, 0.4) is 0 Å². The van der Waals surface area contributed by atoms with Crippen molar-refractivity contribution in [2.75, 3.05) is 20.3 Å². The Kier molecular flexibility index (Phi) is 8.07. The van der Waals surface area contributed by atoms with E-state index in [2.05, 4.69) is 17.4 Å². The van der Waals surface area contributed by atoms with Gasteiger partial charge in [0.25, 0.3) is 5.91 Å². The van der Waals surface area contributed by atoms with Gasteiger partial charge in [-0.2, -0.15) is 0 Å². The Hall–Kier alpha value is -3.31. The number of benzene rings is 3. The lowest BCUT2D eigenvalue weighted by Crippen LogP contribution is -2.35. The lowest BCUT2D eigenvalue weighted by atomic mass is 10.1. The number of hydrogen-bond donors (Lipinski definition) is 1. The van der Waals surface area contributed by atoms with Crippen LogP contribution in [0.5, 0.6) is 11.5 Å². The molecule has 0 radical (unpaired) electrons. The first-order chi connectivity index (χ1) is 15.1. The van der Waals surface area contributed by atoms with Crippen LogP contribution in [0.4, 0.5) is 0 Å². The molecule has 1 atom stereocenters. The summed E-state index contributed by atoms with van der Waals surface area (Å²) in [4.78, 5) is 12.5. The van der Waals surface area contributed by atoms with Crippen LogP contribution in [0.2, 0.25) is 0 Å². The molecule has 1 N–H and O–H groups in total. The van der Waals surface area contributed by atoms with E-state index in [4.69, 9.17) is 14.2 Å². The summed E-state index contributed by atoms with van der Waals surface area (Å²) in [6.07, 6.45) is 0. The summed E-state index contributed by atoms with van der Waals surface area (Å²) in [5.74, 6) is 1.32.